The van der Waals surface area contributed by atoms with Crippen LogP contribution < -0.4 is 4.83 Å². The average molecular weight is 271 g/mol. The summed E-state index contributed by atoms with van der Waals surface area (Å²) in [6, 6.07) is 20.9. The third-order valence-corrected chi connectivity index (χ3v) is 5.98. The van der Waals surface area contributed by atoms with Crippen LogP contribution >= 0.6 is 8.07 Å². The minimum Gasteiger partial charge on any atom is -0.261 e. The quantitative estimate of drug-likeness (QED) is 0.740. The van der Waals surface area contributed by atoms with Crippen LogP contribution in [0.5, 0.6) is 0 Å². The van der Waals surface area contributed by atoms with Crippen molar-refractivity contribution in [3.63, 3.8) is 0 Å². The van der Waals surface area contributed by atoms with Crippen molar-refractivity contribution in [3.8, 4) is 0 Å². The van der Waals surface area contributed by atoms with E-state index in [9.17, 15) is 0 Å². The first-order chi connectivity index (χ1) is 9.27. The Morgan fingerprint density at radius 3 is 2.16 bits per heavy atom. The fourth-order valence-corrected chi connectivity index (χ4v) is 4.11. The molecular formula is C16H18NOP. The van der Waals surface area contributed by atoms with E-state index in [1.165, 1.54) is 5.56 Å². The van der Waals surface area contributed by atoms with Crippen LogP contribution in [0.2, 0.25) is 0 Å². The third-order valence-electron chi connectivity index (χ3n) is 3.63. The van der Waals surface area contributed by atoms with Crippen LogP contribution in [0.15, 0.2) is 60.7 Å². The molecule has 3 rings (SSSR count). The molecule has 2 nitrogen and oxygen atoms in total. The Morgan fingerprint density at radius 2 is 1.53 bits per heavy atom. The van der Waals surface area contributed by atoms with Crippen molar-refractivity contribution >= 4 is 13.8 Å². The van der Waals surface area contributed by atoms with Gasteiger partial charge in [-0.05, 0) is 24.4 Å². The van der Waals surface area contributed by atoms with Gasteiger partial charge in [0.15, 0.2) is 0 Å². The minimum absolute atomic E-state index is 0.164. The van der Waals surface area contributed by atoms with E-state index in [1.54, 1.807) is 0 Å². The molecule has 0 spiro atoms. The summed E-state index contributed by atoms with van der Waals surface area (Å²) in [6.07, 6.45) is 0.164. The van der Waals surface area contributed by atoms with Gasteiger partial charge in [0.05, 0.1) is 5.69 Å². The average Bonchev–Trinajstić information content (AvgIpc) is 2.77. The Labute approximate surface area is 115 Å². The summed E-state index contributed by atoms with van der Waals surface area (Å²) in [4.78, 5) is 8.33. The van der Waals surface area contributed by atoms with E-state index in [2.05, 4.69) is 67.0 Å². The molecule has 0 amide bonds. The van der Waals surface area contributed by atoms with Gasteiger partial charge in [-0.1, -0.05) is 55.5 Å². The standard InChI is InChI=1S/C16H18NOP/c1-13-16(14-9-5-3-6-10-14)18-17(19(13)2)15-11-7-4-8-12-15/h3-13,16H,1-2H3. The van der Waals surface area contributed by atoms with Crippen molar-refractivity contribution in [3.05, 3.63) is 66.2 Å². The van der Waals surface area contributed by atoms with Gasteiger partial charge in [0.1, 0.15) is 6.10 Å². The second kappa shape index (κ2) is 5.32. The summed E-state index contributed by atoms with van der Waals surface area (Å²) >= 11 is 0. The van der Waals surface area contributed by atoms with Crippen molar-refractivity contribution in [2.24, 2.45) is 0 Å². The molecule has 1 saturated heterocycles. The van der Waals surface area contributed by atoms with Gasteiger partial charge in [-0.2, -0.15) is 0 Å². The number of anilines is 1. The molecule has 19 heavy (non-hydrogen) atoms. The van der Waals surface area contributed by atoms with Crippen LogP contribution in [-0.2, 0) is 4.84 Å². The number of para-hydroxylation sites is 1. The van der Waals surface area contributed by atoms with Crippen LogP contribution in [0, 0.1) is 0 Å². The molecule has 2 aromatic rings. The molecule has 0 aliphatic carbocycles. The zero-order chi connectivity index (χ0) is 13.2. The molecule has 1 aliphatic rings. The van der Waals surface area contributed by atoms with Crippen LogP contribution in [0.25, 0.3) is 0 Å². The fourth-order valence-electron chi connectivity index (χ4n) is 2.41. The Balaban J connectivity index is 1.88. The van der Waals surface area contributed by atoms with Gasteiger partial charge in [0.2, 0.25) is 0 Å². The number of hydrogen-bond donors (Lipinski definition) is 0. The monoisotopic (exact) mass is 271 g/mol. The van der Waals surface area contributed by atoms with Gasteiger partial charge in [0.25, 0.3) is 0 Å². The summed E-state index contributed by atoms with van der Waals surface area (Å²) in [5.41, 5.74) is 2.95. The maximum Gasteiger partial charge on any atom is 0.119 e. The Morgan fingerprint density at radius 1 is 0.947 bits per heavy atom. The van der Waals surface area contributed by atoms with Crippen molar-refractivity contribution in [2.75, 3.05) is 11.5 Å². The molecule has 0 N–H and O–H groups in total. The highest BCUT2D eigenvalue weighted by molar-refractivity contribution is 7.59. The fraction of sp³-hybridized carbons (Fsp3) is 0.250. The Bertz CT molecular complexity index is 481. The molecule has 1 aliphatic heterocycles. The molecular weight excluding hydrogens is 253 g/mol. The van der Waals surface area contributed by atoms with E-state index in [0.717, 1.165) is 5.69 Å². The summed E-state index contributed by atoms with van der Waals surface area (Å²) in [5.74, 6) is 0. The SMILES string of the molecule is CC1C(c2ccccc2)ON(c2ccccc2)P1C. The number of rotatable bonds is 2. The number of nitrogens with zero attached hydrogens (tertiary/aromatic N) is 1. The van der Waals surface area contributed by atoms with Crippen molar-refractivity contribution < 1.29 is 4.84 Å². The van der Waals surface area contributed by atoms with E-state index in [0.29, 0.717) is 5.66 Å². The highest BCUT2D eigenvalue weighted by Gasteiger charge is 2.38. The summed E-state index contributed by atoms with van der Waals surface area (Å²) in [5, 5.41) is 0. The van der Waals surface area contributed by atoms with Crippen LogP contribution in [-0.4, -0.2) is 12.3 Å². The van der Waals surface area contributed by atoms with Crippen molar-refractivity contribution in [1.82, 2.24) is 0 Å². The largest absolute Gasteiger partial charge is 0.261 e. The van der Waals surface area contributed by atoms with Crippen LogP contribution in [0.1, 0.15) is 18.6 Å². The van der Waals surface area contributed by atoms with E-state index >= 15 is 0 Å². The lowest BCUT2D eigenvalue weighted by Crippen LogP contribution is -2.11. The van der Waals surface area contributed by atoms with Gasteiger partial charge in [-0.3, -0.25) is 4.84 Å². The molecule has 0 bridgehead atoms. The van der Waals surface area contributed by atoms with E-state index in [4.69, 9.17) is 4.84 Å². The first-order valence-corrected chi connectivity index (χ1v) is 8.38. The molecule has 98 valence electrons. The van der Waals surface area contributed by atoms with Gasteiger partial charge in [-0.25, -0.2) is 4.83 Å². The van der Waals surface area contributed by atoms with Crippen LogP contribution in [0.4, 0.5) is 5.69 Å². The number of hydrogen-bond acceptors (Lipinski definition) is 2. The summed E-state index contributed by atoms with van der Waals surface area (Å²) < 4.78 is 0. The van der Waals surface area contributed by atoms with Gasteiger partial charge < -0.3 is 0 Å². The van der Waals surface area contributed by atoms with E-state index < -0.39 is 0 Å². The maximum absolute atomic E-state index is 6.22. The lowest BCUT2D eigenvalue weighted by molar-refractivity contribution is 0.0886. The van der Waals surface area contributed by atoms with Gasteiger partial charge in [-0.15, -0.1) is 0 Å². The third kappa shape index (κ3) is 2.39. The van der Waals surface area contributed by atoms with Crippen molar-refractivity contribution in [1.29, 1.82) is 0 Å². The van der Waals surface area contributed by atoms with Crippen molar-refractivity contribution in [2.45, 2.75) is 18.7 Å². The molecule has 3 heteroatoms. The van der Waals surface area contributed by atoms with E-state index in [-0.39, 0.29) is 14.2 Å². The van der Waals surface area contributed by atoms with E-state index in [1.807, 2.05) is 12.1 Å². The summed E-state index contributed by atoms with van der Waals surface area (Å²) in [6.45, 7) is 4.57. The van der Waals surface area contributed by atoms with Gasteiger partial charge in [0, 0.05) is 13.7 Å². The second-order valence-corrected chi connectivity index (χ2v) is 7.18. The predicted octanol–water partition coefficient (Wildman–Crippen LogP) is 4.59. The molecule has 0 saturated carbocycles. The summed E-state index contributed by atoms with van der Waals surface area (Å²) in [7, 11) is -0.318. The zero-order valence-corrected chi connectivity index (χ0v) is 12.1. The first kappa shape index (κ1) is 12.7. The van der Waals surface area contributed by atoms with Gasteiger partial charge >= 0.3 is 0 Å². The molecule has 3 unspecified atom stereocenters. The predicted molar refractivity (Wildman–Crippen MR) is 81.5 cm³/mol. The molecule has 0 aromatic heterocycles. The maximum atomic E-state index is 6.22. The number of benzene rings is 2. The highest BCUT2D eigenvalue weighted by Crippen LogP contribution is 2.57. The lowest BCUT2D eigenvalue weighted by Gasteiger charge is -2.22. The second-order valence-electron chi connectivity index (χ2n) is 4.86. The minimum atomic E-state index is -0.318. The molecule has 1 fully saturated rings. The van der Waals surface area contributed by atoms with Crippen LogP contribution in [0.3, 0.4) is 0 Å². The molecule has 0 radical (unpaired) electrons. The first-order valence-electron chi connectivity index (χ1n) is 6.57. The highest BCUT2D eigenvalue weighted by atomic mass is 31.1. The normalized spacial score (nSPS) is 26.6. The molecule has 3 atom stereocenters. The topological polar surface area (TPSA) is 12.5 Å². The smallest absolute Gasteiger partial charge is 0.119 e. The Hall–Kier alpha value is -1.37. The molecule has 2 aromatic carbocycles. The Kier molecular flexibility index (Phi) is 3.54. The lowest BCUT2D eigenvalue weighted by atomic mass is 10.1. The molecule has 1 heterocycles. The zero-order valence-electron chi connectivity index (χ0n) is 11.2.